The Morgan fingerprint density at radius 1 is 1.27 bits per heavy atom. The van der Waals surface area contributed by atoms with E-state index in [0.29, 0.717) is 33.0 Å². The minimum Gasteiger partial charge on any atom is -0.296 e. The van der Waals surface area contributed by atoms with Crippen molar-refractivity contribution in [3.05, 3.63) is 61.8 Å². The fraction of sp³-hybridized carbons (Fsp3) is 0.176. The van der Waals surface area contributed by atoms with E-state index in [9.17, 15) is 9.59 Å². The zero-order chi connectivity index (χ0) is 18.7. The third kappa shape index (κ3) is 4.12. The second kappa shape index (κ2) is 7.99. The van der Waals surface area contributed by atoms with Crippen LogP contribution >= 0.6 is 34.5 Å². The van der Waals surface area contributed by atoms with Crippen molar-refractivity contribution >= 4 is 45.6 Å². The van der Waals surface area contributed by atoms with E-state index >= 15 is 0 Å². The maximum absolute atomic E-state index is 12.4. The molecule has 1 amide bonds. The van der Waals surface area contributed by atoms with E-state index in [1.54, 1.807) is 23.6 Å². The van der Waals surface area contributed by atoms with Gasteiger partial charge in [-0.2, -0.15) is 5.10 Å². The van der Waals surface area contributed by atoms with Crippen molar-refractivity contribution in [2.45, 2.75) is 19.9 Å². The molecular formula is C17H14Cl2N4O2S. The highest BCUT2D eigenvalue weighted by molar-refractivity contribution is 7.14. The number of hydrogen-bond donors (Lipinski definition) is 1. The normalized spacial score (nSPS) is 10.7. The molecule has 0 fully saturated rings. The van der Waals surface area contributed by atoms with E-state index < -0.39 is 5.91 Å². The highest BCUT2D eigenvalue weighted by Crippen LogP contribution is 2.32. The molecule has 0 saturated carbocycles. The second-order valence-corrected chi connectivity index (χ2v) is 7.10. The van der Waals surface area contributed by atoms with Crippen LogP contribution in [0.25, 0.3) is 11.3 Å². The molecule has 1 aromatic carbocycles. The first-order valence-electron chi connectivity index (χ1n) is 7.78. The van der Waals surface area contributed by atoms with Gasteiger partial charge in [-0.05, 0) is 30.7 Å². The van der Waals surface area contributed by atoms with Crippen LogP contribution in [-0.2, 0) is 6.54 Å². The quantitative estimate of drug-likeness (QED) is 0.680. The summed E-state index contributed by atoms with van der Waals surface area (Å²) in [7, 11) is 0. The van der Waals surface area contributed by atoms with Crippen LogP contribution in [0, 0.1) is 0 Å². The SMILES string of the molecule is CCCn1nc(C(=O)Nc2nc(-c3cc(Cl)ccc3Cl)cs2)ccc1=O. The van der Waals surface area contributed by atoms with Gasteiger partial charge in [-0.25, -0.2) is 9.67 Å². The molecule has 0 spiro atoms. The molecule has 0 atom stereocenters. The van der Waals surface area contributed by atoms with Crippen molar-refractivity contribution in [2.75, 3.05) is 5.32 Å². The van der Waals surface area contributed by atoms with E-state index in [1.165, 1.54) is 28.2 Å². The monoisotopic (exact) mass is 408 g/mol. The summed E-state index contributed by atoms with van der Waals surface area (Å²) < 4.78 is 1.27. The van der Waals surface area contributed by atoms with Crippen molar-refractivity contribution < 1.29 is 4.79 Å². The summed E-state index contributed by atoms with van der Waals surface area (Å²) >= 11 is 13.4. The number of nitrogens with zero attached hydrogens (tertiary/aromatic N) is 3. The number of nitrogens with one attached hydrogen (secondary N) is 1. The molecule has 0 aliphatic carbocycles. The number of carbonyl (C=O) groups excluding carboxylic acids is 1. The lowest BCUT2D eigenvalue weighted by molar-refractivity contribution is 0.101. The van der Waals surface area contributed by atoms with Gasteiger partial charge in [0.15, 0.2) is 5.13 Å². The van der Waals surface area contributed by atoms with Gasteiger partial charge in [0.2, 0.25) is 0 Å². The van der Waals surface area contributed by atoms with Crippen molar-refractivity contribution in [2.24, 2.45) is 0 Å². The van der Waals surface area contributed by atoms with Crippen LogP contribution in [-0.4, -0.2) is 20.7 Å². The molecule has 1 N–H and O–H groups in total. The van der Waals surface area contributed by atoms with Gasteiger partial charge in [0.25, 0.3) is 11.5 Å². The molecule has 134 valence electrons. The standard InChI is InChI=1S/C17H14Cl2N4O2S/c1-2-7-23-15(24)6-5-13(22-23)16(25)21-17-20-14(9-26-17)11-8-10(18)3-4-12(11)19/h3-6,8-9H,2,7H2,1H3,(H,20,21,25). The van der Waals surface area contributed by atoms with Crippen LogP contribution < -0.4 is 10.9 Å². The molecule has 2 aromatic heterocycles. The van der Waals surface area contributed by atoms with E-state index in [0.717, 1.165) is 6.42 Å². The van der Waals surface area contributed by atoms with E-state index in [4.69, 9.17) is 23.2 Å². The van der Waals surface area contributed by atoms with Crippen molar-refractivity contribution in [3.63, 3.8) is 0 Å². The molecule has 0 radical (unpaired) electrons. The smallest absolute Gasteiger partial charge is 0.277 e. The summed E-state index contributed by atoms with van der Waals surface area (Å²) in [4.78, 5) is 28.4. The van der Waals surface area contributed by atoms with Gasteiger partial charge < -0.3 is 0 Å². The van der Waals surface area contributed by atoms with E-state index in [2.05, 4.69) is 15.4 Å². The summed E-state index contributed by atoms with van der Waals surface area (Å²) in [5, 5.41) is 10.0. The van der Waals surface area contributed by atoms with Gasteiger partial charge in [-0.15, -0.1) is 11.3 Å². The molecular weight excluding hydrogens is 395 g/mol. The topological polar surface area (TPSA) is 76.9 Å². The molecule has 0 bridgehead atoms. The first-order valence-corrected chi connectivity index (χ1v) is 9.42. The Morgan fingerprint density at radius 2 is 2.08 bits per heavy atom. The lowest BCUT2D eigenvalue weighted by Gasteiger charge is -2.05. The van der Waals surface area contributed by atoms with Gasteiger partial charge in [0, 0.05) is 28.6 Å². The summed E-state index contributed by atoms with van der Waals surface area (Å²) in [6, 6.07) is 7.83. The molecule has 9 heteroatoms. The highest BCUT2D eigenvalue weighted by Gasteiger charge is 2.14. The molecule has 0 saturated heterocycles. The summed E-state index contributed by atoms with van der Waals surface area (Å²) in [5.74, 6) is -0.437. The van der Waals surface area contributed by atoms with Crippen LogP contribution in [0.4, 0.5) is 5.13 Å². The number of thiazole rings is 1. The summed E-state index contributed by atoms with van der Waals surface area (Å²) in [5.41, 5.74) is 1.21. The third-order valence-electron chi connectivity index (χ3n) is 3.46. The maximum Gasteiger partial charge on any atom is 0.277 e. The Morgan fingerprint density at radius 3 is 2.85 bits per heavy atom. The van der Waals surface area contributed by atoms with Gasteiger partial charge in [0.1, 0.15) is 5.69 Å². The summed E-state index contributed by atoms with van der Waals surface area (Å²) in [6.45, 7) is 2.38. The van der Waals surface area contributed by atoms with Crippen molar-refractivity contribution in [1.29, 1.82) is 0 Å². The molecule has 0 unspecified atom stereocenters. The number of anilines is 1. The number of hydrogen-bond acceptors (Lipinski definition) is 5. The molecule has 3 aromatic rings. The van der Waals surface area contributed by atoms with Crippen molar-refractivity contribution in [1.82, 2.24) is 14.8 Å². The molecule has 6 nitrogen and oxygen atoms in total. The predicted octanol–water partition coefficient (Wildman–Crippen LogP) is 4.34. The lowest BCUT2D eigenvalue weighted by Crippen LogP contribution is -2.26. The van der Waals surface area contributed by atoms with Gasteiger partial charge in [0.05, 0.1) is 10.7 Å². The zero-order valence-electron chi connectivity index (χ0n) is 13.7. The number of halogens is 2. The zero-order valence-corrected chi connectivity index (χ0v) is 16.0. The Labute approximate surface area is 163 Å². The highest BCUT2D eigenvalue weighted by atomic mass is 35.5. The minimum absolute atomic E-state index is 0.149. The predicted molar refractivity (Wildman–Crippen MR) is 104 cm³/mol. The molecule has 26 heavy (non-hydrogen) atoms. The first-order chi connectivity index (χ1) is 12.5. The lowest BCUT2D eigenvalue weighted by atomic mass is 10.2. The Balaban J connectivity index is 1.81. The number of carbonyl (C=O) groups is 1. The van der Waals surface area contributed by atoms with Crippen LogP contribution in [0.1, 0.15) is 23.8 Å². The minimum atomic E-state index is -0.437. The van der Waals surface area contributed by atoms with Crippen LogP contribution in [0.2, 0.25) is 10.0 Å². The molecule has 2 heterocycles. The van der Waals surface area contributed by atoms with E-state index in [-0.39, 0.29) is 11.3 Å². The number of aromatic nitrogens is 3. The Kier molecular flexibility index (Phi) is 5.70. The van der Waals surface area contributed by atoms with E-state index in [1.807, 2.05) is 6.92 Å². The molecule has 3 rings (SSSR count). The number of benzene rings is 1. The second-order valence-electron chi connectivity index (χ2n) is 5.40. The largest absolute Gasteiger partial charge is 0.296 e. The van der Waals surface area contributed by atoms with Crippen molar-refractivity contribution in [3.8, 4) is 11.3 Å². The molecule has 0 aliphatic heterocycles. The maximum atomic E-state index is 12.4. The van der Waals surface area contributed by atoms with Gasteiger partial charge >= 0.3 is 0 Å². The van der Waals surface area contributed by atoms with Gasteiger partial charge in [-0.1, -0.05) is 30.1 Å². The fourth-order valence-corrected chi connectivity index (χ4v) is 3.34. The third-order valence-corrected chi connectivity index (χ3v) is 4.79. The number of rotatable bonds is 5. The summed E-state index contributed by atoms with van der Waals surface area (Å²) in [6.07, 6.45) is 0.744. The van der Waals surface area contributed by atoms with Crippen LogP contribution in [0.3, 0.4) is 0 Å². The molecule has 0 aliphatic rings. The van der Waals surface area contributed by atoms with Crippen LogP contribution in [0.15, 0.2) is 40.5 Å². The first kappa shape index (κ1) is 18.6. The fourth-order valence-electron chi connectivity index (χ4n) is 2.25. The average molecular weight is 409 g/mol. The average Bonchev–Trinajstić information content (AvgIpc) is 3.07. The number of amides is 1. The number of aryl methyl sites for hydroxylation is 1. The van der Waals surface area contributed by atoms with Crippen LogP contribution in [0.5, 0.6) is 0 Å². The van der Waals surface area contributed by atoms with Gasteiger partial charge in [-0.3, -0.25) is 14.9 Å². The Bertz CT molecular complexity index is 1020. The Hall–Kier alpha value is -2.22.